The van der Waals surface area contributed by atoms with Gasteiger partial charge in [-0.25, -0.2) is 0 Å². The molecule has 0 radical (unpaired) electrons. The molecule has 0 fully saturated rings. The van der Waals surface area contributed by atoms with Crippen LogP contribution < -0.4 is 31.3 Å². The van der Waals surface area contributed by atoms with E-state index in [1.807, 2.05) is 53.5 Å². The first kappa shape index (κ1) is 28.0. The molecule has 1 aromatic heterocycles. The Morgan fingerprint density at radius 1 is 0.711 bits per heavy atom. The molecule has 0 atom stereocenters. The molecule has 0 aliphatic rings. The molecule has 4 aromatic rings. The van der Waals surface area contributed by atoms with Crippen LogP contribution in [0.1, 0.15) is 22.6 Å². The Morgan fingerprint density at radius 3 is 1.55 bits per heavy atom. The Hall–Kier alpha value is -3.07. The zero-order valence-electron chi connectivity index (χ0n) is 21.3. The number of hydrogen-bond acceptors (Lipinski definition) is 6. The summed E-state index contributed by atoms with van der Waals surface area (Å²) >= 11 is -0.756. The minimum atomic E-state index is -2.37. The number of methoxy groups -OCH3 is 2. The Kier molecular flexibility index (Phi) is 8.97. The molecule has 0 spiro atoms. The van der Waals surface area contributed by atoms with E-state index in [0.717, 1.165) is 35.5 Å². The molecule has 0 N–H and O–H groups in total. The van der Waals surface area contributed by atoms with Gasteiger partial charge in [-0.3, -0.25) is 0 Å². The van der Waals surface area contributed by atoms with Gasteiger partial charge < -0.3 is 0 Å². The first-order chi connectivity index (χ1) is 18.2. The van der Waals surface area contributed by atoms with Crippen molar-refractivity contribution in [3.05, 3.63) is 121 Å². The van der Waals surface area contributed by atoms with Gasteiger partial charge in [-0.1, -0.05) is 0 Å². The molecular formula is C27H27I2N3O6. The maximum absolute atomic E-state index is 12.6. The van der Waals surface area contributed by atoms with Crippen LogP contribution in [0, 0.1) is 0 Å². The summed E-state index contributed by atoms with van der Waals surface area (Å²) in [5.74, 6) is 2.18. The fourth-order valence-electron chi connectivity index (χ4n) is 3.95. The normalized spacial score (nSPS) is 11.4. The van der Waals surface area contributed by atoms with E-state index in [0.29, 0.717) is 5.75 Å². The third kappa shape index (κ3) is 5.82. The van der Waals surface area contributed by atoms with Gasteiger partial charge in [0.25, 0.3) is 0 Å². The number of benzene rings is 3. The summed E-state index contributed by atoms with van der Waals surface area (Å²) in [6.45, 7) is 0. The second kappa shape index (κ2) is 12.2. The van der Waals surface area contributed by atoms with Crippen LogP contribution in [0.3, 0.4) is 0 Å². The van der Waals surface area contributed by atoms with Gasteiger partial charge in [0.1, 0.15) is 0 Å². The number of hydrogen-bond donors (Lipinski definition) is 0. The molecule has 0 aliphatic carbocycles. The number of alkyl halides is 2. The zero-order valence-corrected chi connectivity index (χ0v) is 25.6. The van der Waals surface area contributed by atoms with Gasteiger partial charge in [-0.15, -0.1) is 0 Å². The van der Waals surface area contributed by atoms with Crippen LogP contribution >= 0.6 is 43.0 Å². The number of ether oxygens (including phenoxy) is 3. The van der Waals surface area contributed by atoms with Crippen molar-refractivity contribution in [2.75, 3.05) is 23.8 Å². The van der Waals surface area contributed by atoms with Gasteiger partial charge in [0.15, 0.2) is 0 Å². The quantitative estimate of drug-likeness (QED) is 0.146. The Morgan fingerprint density at radius 2 is 1.13 bits per heavy atom. The first-order valence-corrected chi connectivity index (χ1v) is 17.0. The standard InChI is InChI=1S/C27H27I2N3O6/c1-29(32-26(34)30(2)25(33)31(28)27(32)35)17-38-23-15-9-20(10-16-23)24(18-5-11-21(36-3)12-6-18)19-7-13-22(37-4)14-8-19/h5-16,24H,17H2,1-4H3. The van der Waals surface area contributed by atoms with Gasteiger partial charge in [0, 0.05) is 0 Å². The van der Waals surface area contributed by atoms with Crippen molar-refractivity contribution in [2.45, 2.75) is 5.92 Å². The molecular weight excluding hydrogens is 716 g/mol. The second-order valence-electron chi connectivity index (χ2n) is 8.33. The average molecular weight is 743 g/mol. The van der Waals surface area contributed by atoms with Crippen LogP contribution in [-0.2, 0) is 7.05 Å². The van der Waals surface area contributed by atoms with Crippen molar-refractivity contribution in [2.24, 2.45) is 7.05 Å². The molecule has 200 valence electrons. The summed E-state index contributed by atoms with van der Waals surface area (Å²) in [6.07, 6.45) is 0. The molecule has 0 aliphatic heterocycles. The summed E-state index contributed by atoms with van der Waals surface area (Å²) in [4.78, 5) is 39.0. The Bertz CT molecular complexity index is 1490. The van der Waals surface area contributed by atoms with Gasteiger partial charge in [-0.2, -0.15) is 0 Å². The molecule has 4 rings (SSSR count). The van der Waals surface area contributed by atoms with Crippen molar-refractivity contribution in [1.29, 1.82) is 0 Å². The van der Waals surface area contributed by atoms with E-state index in [1.54, 1.807) is 37.1 Å². The van der Waals surface area contributed by atoms with Crippen molar-refractivity contribution in [1.82, 2.24) is 10.1 Å². The monoisotopic (exact) mass is 743 g/mol. The van der Waals surface area contributed by atoms with E-state index in [2.05, 4.69) is 24.3 Å². The van der Waals surface area contributed by atoms with Crippen molar-refractivity contribution in [3.63, 3.8) is 0 Å². The fourth-order valence-corrected chi connectivity index (χ4v) is 7.94. The predicted octanol–water partition coefficient (Wildman–Crippen LogP) is 4.04. The van der Waals surface area contributed by atoms with Gasteiger partial charge in [-0.05, 0) is 0 Å². The van der Waals surface area contributed by atoms with Crippen LogP contribution in [-0.4, -0.2) is 33.9 Å². The van der Waals surface area contributed by atoms with E-state index in [-0.39, 0.29) is 10.5 Å². The predicted molar refractivity (Wildman–Crippen MR) is 164 cm³/mol. The second-order valence-corrected chi connectivity index (χ2v) is 14.1. The van der Waals surface area contributed by atoms with Crippen LogP contribution in [0.15, 0.2) is 87.2 Å². The molecule has 1 heterocycles. The molecule has 0 amide bonds. The zero-order chi connectivity index (χ0) is 27.4. The number of rotatable bonds is 9. The van der Waals surface area contributed by atoms with Gasteiger partial charge in [0.2, 0.25) is 0 Å². The summed E-state index contributed by atoms with van der Waals surface area (Å²) < 4.78 is 19.9. The molecule has 11 heteroatoms. The first-order valence-electron chi connectivity index (χ1n) is 11.4. The van der Waals surface area contributed by atoms with E-state index in [1.165, 1.54) is 9.83 Å². The minimum absolute atomic E-state index is 0.0262. The summed E-state index contributed by atoms with van der Waals surface area (Å²) in [5.41, 5.74) is 1.41. The van der Waals surface area contributed by atoms with Crippen LogP contribution in [0.5, 0.6) is 17.2 Å². The SMILES string of the molecule is COc1ccc(C(c2ccc(OC)cc2)c2ccc(OCI(C)n3c(=O)n(C)c(=O)n(I)c3=O)cc2)cc1. The van der Waals surface area contributed by atoms with Crippen molar-refractivity contribution < 1.29 is 14.2 Å². The fraction of sp³-hybridized carbons (Fsp3) is 0.222. The molecule has 3 aromatic carbocycles. The molecule has 0 saturated heterocycles. The molecule has 0 bridgehead atoms. The van der Waals surface area contributed by atoms with E-state index in [4.69, 9.17) is 14.2 Å². The molecule has 0 unspecified atom stereocenters. The summed E-state index contributed by atoms with van der Waals surface area (Å²) in [7, 11) is 4.65. The van der Waals surface area contributed by atoms with Gasteiger partial charge >= 0.3 is 228 Å². The number of aromatic nitrogens is 3. The molecule has 38 heavy (non-hydrogen) atoms. The molecule has 9 nitrogen and oxygen atoms in total. The molecule has 0 saturated carbocycles. The third-order valence-corrected chi connectivity index (χ3v) is 10.5. The van der Waals surface area contributed by atoms with Crippen molar-refractivity contribution >= 4 is 43.0 Å². The number of nitrogens with zero attached hydrogens (tertiary/aromatic N) is 3. The van der Waals surface area contributed by atoms with Gasteiger partial charge in [0.05, 0.1) is 14.2 Å². The third-order valence-electron chi connectivity index (χ3n) is 6.03. The van der Waals surface area contributed by atoms with E-state index >= 15 is 0 Å². The maximum atomic E-state index is 12.6. The summed E-state index contributed by atoms with van der Waals surface area (Å²) in [5, 5.41) is 0. The summed E-state index contributed by atoms with van der Waals surface area (Å²) in [6, 6.07) is 23.8. The van der Waals surface area contributed by atoms with Crippen LogP contribution in [0.25, 0.3) is 0 Å². The van der Waals surface area contributed by atoms with E-state index < -0.39 is 37.2 Å². The topological polar surface area (TPSA) is 93.7 Å². The van der Waals surface area contributed by atoms with Crippen molar-refractivity contribution in [3.8, 4) is 17.2 Å². The van der Waals surface area contributed by atoms with Crippen LogP contribution in [0.2, 0.25) is 0 Å². The average Bonchev–Trinajstić information content (AvgIpc) is 2.95. The van der Waals surface area contributed by atoms with E-state index in [9.17, 15) is 14.4 Å². The Labute approximate surface area is 240 Å². The Balaban J connectivity index is 1.58. The number of halogens is 2. The van der Waals surface area contributed by atoms with Crippen LogP contribution in [0.4, 0.5) is 0 Å².